The lowest BCUT2D eigenvalue weighted by molar-refractivity contribution is -0.177. The topological polar surface area (TPSA) is 85.8 Å². The Labute approximate surface area is 148 Å². The van der Waals surface area contributed by atoms with E-state index in [9.17, 15) is 14.4 Å². The molecule has 2 amide bonds. The van der Waals surface area contributed by atoms with Gasteiger partial charge in [-0.3, -0.25) is 14.4 Å². The second-order valence-electron chi connectivity index (χ2n) is 5.87. The van der Waals surface area contributed by atoms with Crippen LogP contribution in [0.5, 0.6) is 0 Å². The number of pyridine rings is 1. The maximum absolute atomic E-state index is 11.7. The van der Waals surface area contributed by atoms with Crippen LogP contribution in [0.15, 0.2) is 48.5 Å². The van der Waals surface area contributed by atoms with Gasteiger partial charge in [0.1, 0.15) is 6.61 Å². The van der Waals surface area contributed by atoms with Crippen LogP contribution < -0.4 is 0 Å². The number of hydrogen-bond donors (Lipinski definition) is 0. The van der Waals surface area contributed by atoms with Gasteiger partial charge in [0.2, 0.25) is 0 Å². The summed E-state index contributed by atoms with van der Waals surface area (Å²) in [6.07, 6.45) is -1.05. The van der Waals surface area contributed by atoms with Gasteiger partial charge < -0.3 is 4.74 Å². The van der Waals surface area contributed by atoms with Crippen molar-refractivity contribution in [2.75, 3.05) is 0 Å². The lowest BCUT2D eigenvalue weighted by Gasteiger charge is -2.12. The zero-order valence-electron chi connectivity index (χ0n) is 13.7. The summed E-state index contributed by atoms with van der Waals surface area (Å²) < 4.78 is 4.98. The number of benzene rings is 2. The van der Waals surface area contributed by atoms with Crippen molar-refractivity contribution in [2.24, 2.45) is 0 Å². The lowest BCUT2D eigenvalue weighted by atomic mass is 10.1. The molecule has 0 bridgehead atoms. The quantitative estimate of drug-likeness (QED) is 0.410. The molecule has 2 heterocycles. The van der Waals surface area contributed by atoms with E-state index in [4.69, 9.17) is 4.74 Å². The van der Waals surface area contributed by atoms with Gasteiger partial charge in [-0.25, -0.2) is 9.78 Å². The van der Waals surface area contributed by atoms with Crippen molar-refractivity contribution in [3.63, 3.8) is 0 Å². The number of imide groups is 1. The minimum atomic E-state index is -1.12. The highest BCUT2D eigenvalue weighted by Gasteiger charge is 2.33. The third kappa shape index (κ3) is 2.95. The zero-order valence-corrected chi connectivity index (χ0v) is 13.7. The molecule has 0 saturated carbocycles. The summed E-state index contributed by atoms with van der Waals surface area (Å²) in [6.45, 7) is -0.131. The van der Waals surface area contributed by atoms with Crippen LogP contribution in [0.3, 0.4) is 0 Å². The van der Waals surface area contributed by atoms with Crippen molar-refractivity contribution in [3.05, 3.63) is 54.2 Å². The van der Waals surface area contributed by atoms with Crippen LogP contribution in [-0.2, 0) is 25.8 Å². The molecule has 1 aliphatic heterocycles. The average Bonchev–Trinajstić information content (AvgIpc) is 2.98. The van der Waals surface area contributed by atoms with E-state index < -0.39 is 18.0 Å². The predicted octanol–water partition coefficient (Wildman–Crippen LogP) is 3.11. The largest absolute Gasteiger partial charge is 0.534 e. The molecule has 0 spiro atoms. The van der Waals surface area contributed by atoms with Gasteiger partial charge in [0.15, 0.2) is 0 Å². The SMILES string of the molecule is O=C(OCc1ccc2ccc3ccccc3c2n1)ON1C(=O)CCC1=O. The first-order valence-electron chi connectivity index (χ1n) is 8.10. The summed E-state index contributed by atoms with van der Waals surface area (Å²) in [5.41, 5.74) is 1.34. The smallest absolute Gasteiger partial charge is 0.426 e. The fourth-order valence-corrected chi connectivity index (χ4v) is 2.87. The van der Waals surface area contributed by atoms with Crippen LogP contribution in [-0.4, -0.2) is 28.0 Å². The minimum Gasteiger partial charge on any atom is -0.426 e. The first kappa shape index (κ1) is 16.0. The molecule has 4 rings (SSSR count). The number of hydrogen-bond acceptors (Lipinski definition) is 6. The molecule has 0 unspecified atom stereocenters. The molecule has 7 heteroatoms. The van der Waals surface area contributed by atoms with Gasteiger partial charge in [-0.05, 0) is 11.5 Å². The Morgan fingerprint density at radius 1 is 0.962 bits per heavy atom. The van der Waals surface area contributed by atoms with Crippen LogP contribution in [0, 0.1) is 0 Å². The highest BCUT2D eigenvalue weighted by Crippen LogP contribution is 2.24. The first-order chi connectivity index (χ1) is 12.6. The van der Waals surface area contributed by atoms with Crippen molar-refractivity contribution in [2.45, 2.75) is 19.4 Å². The normalized spacial score (nSPS) is 14.2. The molecule has 0 aliphatic carbocycles. The van der Waals surface area contributed by atoms with Crippen molar-refractivity contribution in [1.82, 2.24) is 10.0 Å². The fourth-order valence-electron chi connectivity index (χ4n) is 2.87. The van der Waals surface area contributed by atoms with E-state index in [2.05, 4.69) is 9.82 Å². The van der Waals surface area contributed by atoms with E-state index in [0.717, 1.165) is 21.7 Å². The molecule has 3 aromatic rings. The predicted molar refractivity (Wildman–Crippen MR) is 91.6 cm³/mol. The van der Waals surface area contributed by atoms with E-state index >= 15 is 0 Å². The minimum absolute atomic E-state index is 0.0332. The van der Waals surface area contributed by atoms with Crippen LogP contribution in [0.2, 0.25) is 0 Å². The second kappa shape index (κ2) is 6.44. The Hall–Kier alpha value is -3.48. The maximum Gasteiger partial charge on any atom is 0.534 e. The Kier molecular flexibility index (Phi) is 3.96. The van der Waals surface area contributed by atoms with Crippen molar-refractivity contribution in [3.8, 4) is 0 Å². The van der Waals surface area contributed by atoms with Gasteiger partial charge in [-0.2, -0.15) is 0 Å². The lowest BCUT2D eigenvalue weighted by Crippen LogP contribution is -2.32. The number of carbonyl (C=O) groups excluding carboxylic acids is 3. The third-order valence-electron chi connectivity index (χ3n) is 4.15. The van der Waals surface area contributed by atoms with Gasteiger partial charge in [0.05, 0.1) is 11.2 Å². The highest BCUT2D eigenvalue weighted by atomic mass is 16.8. The summed E-state index contributed by atoms with van der Waals surface area (Å²) in [5.74, 6) is -1.11. The van der Waals surface area contributed by atoms with Crippen molar-refractivity contribution >= 4 is 39.6 Å². The summed E-state index contributed by atoms with van der Waals surface area (Å²) >= 11 is 0. The van der Waals surface area contributed by atoms with Crippen LogP contribution in [0.4, 0.5) is 4.79 Å². The number of rotatable bonds is 3. The third-order valence-corrected chi connectivity index (χ3v) is 4.15. The van der Waals surface area contributed by atoms with Crippen LogP contribution in [0.25, 0.3) is 21.7 Å². The maximum atomic E-state index is 11.7. The van der Waals surface area contributed by atoms with E-state index in [1.165, 1.54) is 0 Å². The van der Waals surface area contributed by atoms with Gasteiger partial charge in [-0.15, -0.1) is 0 Å². The molecular weight excluding hydrogens is 336 g/mol. The summed E-state index contributed by atoms with van der Waals surface area (Å²) in [7, 11) is 0. The average molecular weight is 350 g/mol. The Bertz CT molecular complexity index is 1030. The van der Waals surface area contributed by atoms with Gasteiger partial charge in [0.25, 0.3) is 11.8 Å². The van der Waals surface area contributed by atoms with E-state index in [1.807, 2.05) is 42.5 Å². The monoisotopic (exact) mass is 350 g/mol. The van der Waals surface area contributed by atoms with Crippen LogP contribution >= 0.6 is 0 Å². The van der Waals surface area contributed by atoms with Crippen molar-refractivity contribution < 1.29 is 24.0 Å². The molecular formula is C19H14N2O5. The molecule has 1 saturated heterocycles. The standard InChI is InChI=1S/C19H14N2O5/c22-16-9-10-17(23)21(16)26-19(24)25-11-14-8-7-13-6-5-12-3-1-2-4-15(12)18(13)20-14/h1-8H,9-11H2. The second-order valence-corrected chi connectivity index (χ2v) is 5.87. The van der Waals surface area contributed by atoms with E-state index in [-0.39, 0.29) is 19.4 Å². The summed E-state index contributed by atoms with van der Waals surface area (Å²) in [5, 5.41) is 3.49. The molecule has 1 fully saturated rings. The van der Waals surface area contributed by atoms with Gasteiger partial charge in [0, 0.05) is 23.6 Å². The molecule has 7 nitrogen and oxygen atoms in total. The number of ether oxygens (including phenoxy) is 1. The molecule has 130 valence electrons. The Morgan fingerprint density at radius 3 is 2.46 bits per heavy atom. The van der Waals surface area contributed by atoms with Gasteiger partial charge >= 0.3 is 6.16 Å². The molecule has 0 atom stereocenters. The molecule has 26 heavy (non-hydrogen) atoms. The molecule has 0 radical (unpaired) electrons. The molecule has 1 aromatic heterocycles. The first-order valence-corrected chi connectivity index (χ1v) is 8.10. The molecule has 0 N–H and O–H groups in total. The Morgan fingerprint density at radius 2 is 1.65 bits per heavy atom. The number of hydroxylamine groups is 2. The number of nitrogens with zero attached hydrogens (tertiary/aromatic N) is 2. The van der Waals surface area contributed by atoms with Crippen LogP contribution in [0.1, 0.15) is 18.5 Å². The van der Waals surface area contributed by atoms with Gasteiger partial charge in [-0.1, -0.05) is 47.5 Å². The Balaban J connectivity index is 1.50. The number of carbonyl (C=O) groups is 3. The summed E-state index contributed by atoms with van der Waals surface area (Å²) in [4.78, 5) is 43.8. The summed E-state index contributed by atoms with van der Waals surface area (Å²) in [6, 6.07) is 15.5. The van der Waals surface area contributed by atoms with E-state index in [0.29, 0.717) is 10.8 Å². The zero-order chi connectivity index (χ0) is 18.1. The van der Waals surface area contributed by atoms with E-state index in [1.54, 1.807) is 6.07 Å². The number of amides is 2. The number of aromatic nitrogens is 1. The molecule has 1 aliphatic rings. The number of fused-ring (bicyclic) bond motifs is 3. The van der Waals surface area contributed by atoms with Crippen molar-refractivity contribution in [1.29, 1.82) is 0 Å². The highest BCUT2D eigenvalue weighted by molar-refractivity contribution is 6.05. The fraction of sp³-hybridized carbons (Fsp3) is 0.158. The molecule has 2 aromatic carbocycles.